The number of carbonyl (C=O) groups excluding carboxylic acids is 8. The molecular formula is C37H59N10O16PS. The highest BCUT2D eigenvalue weighted by atomic mass is 32.1. The number of amides is 8. The van der Waals surface area contributed by atoms with Gasteiger partial charge in [0.15, 0.2) is 0 Å². The molecule has 0 aliphatic rings. The lowest BCUT2D eigenvalue weighted by atomic mass is 10.0. The molecule has 0 unspecified atom stereocenters. The highest BCUT2D eigenvalue weighted by Gasteiger charge is 2.32. The topological polar surface area (TPSA) is 426 Å². The molecule has 8 amide bonds. The number of phosphoric acid groups is 1. The maximum absolute atomic E-state index is 13.7. The average Bonchev–Trinajstić information content (AvgIpc) is 3.21. The number of benzene rings is 1. The molecule has 0 spiro atoms. The second-order valence-electron chi connectivity index (χ2n) is 14.9. The van der Waals surface area contributed by atoms with Crippen LogP contribution < -0.4 is 58.5 Å². The highest BCUT2D eigenvalue weighted by Crippen LogP contribution is 2.37. The molecule has 0 fully saturated rings. The Balaban J connectivity index is 3.13. The zero-order chi connectivity index (χ0) is 49.6. The Bertz CT molecular complexity index is 1900. The van der Waals surface area contributed by atoms with Crippen molar-refractivity contribution in [3.8, 4) is 5.75 Å². The molecule has 28 heteroatoms. The normalized spacial score (nSPS) is 14.4. The minimum absolute atomic E-state index is 0.232. The van der Waals surface area contributed by atoms with Crippen LogP contribution in [0, 0.1) is 5.92 Å². The van der Waals surface area contributed by atoms with E-state index in [1.165, 1.54) is 52.0 Å². The Labute approximate surface area is 378 Å². The number of aliphatic carboxylic acids is 2. The van der Waals surface area contributed by atoms with E-state index in [0.717, 1.165) is 0 Å². The molecule has 16 N–H and O–H groups in total. The van der Waals surface area contributed by atoms with Crippen molar-refractivity contribution < 1.29 is 77.0 Å². The molecule has 1 aromatic carbocycles. The van der Waals surface area contributed by atoms with Crippen LogP contribution in [-0.2, 0) is 58.9 Å². The largest absolute Gasteiger partial charge is 0.524 e. The fraction of sp³-hybridized carbons (Fsp3) is 0.568. The number of carboxylic acid groups (broad SMARTS) is 2. The Kier molecular flexibility index (Phi) is 24.7. The molecule has 65 heavy (non-hydrogen) atoms. The van der Waals surface area contributed by atoms with Crippen molar-refractivity contribution in [1.29, 1.82) is 0 Å². The Morgan fingerprint density at radius 2 is 1.20 bits per heavy atom. The summed E-state index contributed by atoms with van der Waals surface area (Å²) in [6.45, 7) is 4.49. The summed E-state index contributed by atoms with van der Waals surface area (Å²) in [5, 5.41) is 37.0. The minimum Gasteiger partial charge on any atom is -0.481 e. The number of carbonyl (C=O) groups is 10. The summed E-state index contributed by atoms with van der Waals surface area (Å²) >= 11 is 3.86. The van der Waals surface area contributed by atoms with Crippen molar-refractivity contribution in [2.45, 2.75) is 102 Å². The Morgan fingerprint density at radius 1 is 0.677 bits per heavy atom. The van der Waals surface area contributed by atoms with E-state index in [2.05, 4.69) is 59.7 Å². The molecular weight excluding hydrogens is 904 g/mol. The molecule has 364 valence electrons. The van der Waals surface area contributed by atoms with Gasteiger partial charge in [0.05, 0.1) is 25.6 Å². The quantitative estimate of drug-likeness (QED) is 0.0204. The van der Waals surface area contributed by atoms with Gasteiger partial charge in [-0.05, 0) is 56.8 Å². The molecule has 7 atom stereocenters. The molecule has 1 rings (SSSR count). The zero-order valence-electron chi connectivity index (χ0n) is 36.0. The zero-order valence-corrected chi connectivity index (χ0v) is 37.8. The van der Waals surface area contributed by atoms with Gasteiger partial charge in [-0.25, -0.2) is 9.36 Å². The van der Waals surface area contributed by atoms with Crippen molar-refractivity contribution in [2.24, 2.45) is 17.4 Å². The number of unbranched alkanes of at least 4 members (excludes halogenated alkanes) is 1. The highest BCUT2D eigenvalue weighted by molar-refractivity contribution is 7.80. The molecule has 0 aliphatic heterocycles. The van der Waals surface area contributed by atoms with E-state index in [0.29, 0.717) is 31.4 Å². The maximum Gasteiger partial charge on any atom is 0.524 e. The summed E-state index contributed by atoms with van der Waals surface area (Å²) in [6, 6.07) is -4.51. The van der Waals surface area contributed by atoms with E-state index in [-0.39, 0.29) is 17.9 Å². The first-order valence-corrected chi connectivity index (χ1v) is 22.1. The molecule has 0 saturated carbocycles. The number of nitrogens with one attached hydrogen (secondary N) is 8. The molecule has 26 nitrogen and oxygen atoms in total. The van der Waals surface area contributed by atoms with E-state index in [4.69, 9.17) is 21.3 Å². The summed E-state index contributed by atoms with van der Waals surface area (Å²) in [7, 11) is -4.92. The number of hydrogen-bond donors (Lipinski definition) is 15. The summed E-state index contributed by atoms with van der Waals surface area (Å²) in [5.41, 5.74) is 11.5. The smallest absolute Gasteiger partial charge is 0.481 e. The molecule has 0 bridgehead atoms. The van der Waals surface area contributed by atoms with Crippen molar-refractivity contribution in [2.75, 3.05) is 25.4 Å². The summed E-state index contributed by atoms with van der Waals surface area (Å²) < 4.78 is 15.8. The number of phosphoric ester groups is 1. The van der Waals surface area contributed by atoms with Gasteiger partial charge in [-0.15, -0.1) is 0 Å². The van der Waals surface area contributed by atoms with Crippen molar-refractivity contribution in [3.63, 3.8) is 0 Å². The first-order valence-electron chi connectivity index (χ1n) is 20.0. The number of thiol groups is 1. The number of carboxylic acids is 2. The van der Waals surface area contributed by atoms with Crippen LogP contribution in [-0.4, -0.2) is 147 Å². The predicted molar refractivity (Wildman–Crippen MR) is 231 cm³/mol. The van der Waals surface area contributed by atoms with Crippen LogP contribution in [0.15, 0.2) is 24.3 Å². The molecule has 0 aromatic heterocycles. The second-order valence-corrected chi connectivity index (χ2v) is 16.4. The molecule has 0 radical (unpaired) electrons. The third kappa shape index (κ3) is 22.6. The van der Waals surface area contributed by atoms with Crippen LogP contribution in [0.2, 0.25) is 0 Å². The molecule has 0 saturated heterocycles. The lowest BCUT2D eigenvalue weighted by molar-refractivity contribution is -0.141. The van der Waals surface area contributed by atoms with Crippen molar-refractivity contribution in [1.82, 2.24) is 42.5 Å². The van der Waals surface area contributed by atoms with Gasteiger partial charge >= 0.3 is 19.8 Å². The van der Waals surface area contributed by atoms with Crippen molar-refractivity contribution >= 4 is 79.6 Å². The van der Waals surface area contributed by atoms with Gasteiger partial charge < -0.3 is 68.7 Å². The lowest BCUT2D eigenvalue weighted by Crippen LogP contribution is -2.59. The van der Waals surface area contributed by atoms with Gasteiger partial charge in [-0.2, -0.15) is 12.6 Å². The third-order valence-corrected chi connectivity index (χ3v) is 9.78. The van der Waals surface area contributed by atoms with Crippen molar-refractivity contribution in [3.05, 3.63) is 29.8 Å². The Morgan fingerprint density at radius 3 is 1.71 bits per heavy atom. The second kappa shape index (κ2) is 28.1. The van der Waals surface area contributed by atoms with Crippen LogP contribution in [0.5, 0.6) is 5.75 Å². The van der Waals surface area contributed by atoms with E-state index < -0.39 is 135 Å². The van der Waals surface area contributed by atoms with Gasteiger partial charge in [0.1, 0.15) is 42.0 Å². The SMILES string of the molecule is CC(C)[C@H](NC(=O)CNC(=O)[C@H](CC(=O)O)NC(=O)CNC(=O)[C@@H](N)CCCCN)C(=O)N[C@@H](Cc1ccc(OP(=O)(O)O)cc1)C(=O)N[C@@H](C)C(=O)N[C@@H](C)C(=O)N[C@@H](CS)C(=O)O. The summed E-state index contributed by atoms with van der Waals surface area (Å²) in [6.07, 6.45) is 0.268. The van der Waals surface area contributed by atoms with Gasteiger partial charge in [0, 0.05) is 12.2 Å². The first-order chi connectivity index (χ1) is 30.3. The first kappa shape index (κ1) is 57.2. The van der Waals surface area contributed by atoms with Crippen LogP contribution in [0.1, 0.15) is 58.9 Å². The van der Waals surface area contributed by atoms with Crippen LogP contribution >= 0.6 is 20.5 Å². The number of hydrogen-bond acceptors (Lipinski definition) is 15. The lowest BCUT2D eigenvalue weighted by Gasteiger charge is -2.26. The molecule has 1 aromatic rings. The third-order valence-electron chi connectivity index (χ3n) is 8.97. The maximum atomic E-state index is 13.7. The van der Waals surface area contributed by atoms with Crippen LogP contribution in [0.4, 0.5) is 0 Å². The van der Waals surface area contributed by atoms with Gasteiger partial charge in [0.25, 0.3) is 0 Å². The number of nitrogens with two attached hydrogens (primary N) is 2. The number of rotatable bonds is 29. The van der Waals surface area contributed by atoms with Crippen LogP contribution in [0.3, 0.4) is 0 Å². The fourth-order valence-corrected chi connectivity index (χ4v) is 6.06. The average molecular weight is 963 g/mol. The predicted octanol–water partition coefficient (Wildman–Crippen LogP) is -4.52. The molecule has 0 heterocycles. The molecule has 0 aliphatic carbocycles. The van der Waals surface area contributed by atoms with Gasteiger partial charge in [0.2, 0.25) is 47.3 Å². The minimum atomic E-state index is -4.92. The van der Waals surface area contributed by atoms with E-state index in [1.54, 1.807) is 0 Å². The van der Waals surface area contributed by atoms with E-state index in [9.17, 15) is 62.7 Å². The Hall–Kier alpha value is -5.86. The standard InChI is InChI=1S/C37H59N10O16PS/c1-18(2)30(47-28(49)16-41-34(55)25(14-29(50)51)44-27(48)15-40-33(54)23(39)7-5-6-12-38)36(57)45-24(13-21-8-10-22(11-9-21)63-64(60,61)62)35(56)43-19(3)31(52)42-20(4)32(53)46-26(17-65)37(58)59/h8-11,18-20,23-26,30,65H,5-7,12-17,38-39H2,1-4H3,(H,40,54)(H,41,55)(H,42,52)(H,43,56)(H,44,48)(H,45,57)(H,46,53)(H,47,49)(H,50,51)(H,58,59)(H2,60,61,62)/t19-,20-,23-,24-,25-,26-,30-/m0/s1. The van der Waals surface area contributed by atoms with Gasteiger partial charge in [-0.1, -0.05) is 32.4 Å². The monoisotopic (exact) mass is 962 g/mol. The van der Waals surface area contributed by atoms with Gasteiger partial charge in [-0.3, -0.25) is 52.9 Å². The summed E-state index contributed by atoms with van der Waals surface area (Å²) in [4.78, 5) is 145. The fourth-order valence-electron chi connectivity index (χ4n) is 5.41. The van der Waals surface area contributed by atoms with E-state index in [1.807, 2.05) is 0 Å². The van der Waals surface area contributed by atoms with Crippen LogP contribution in [0.25, 0.3) is 0 Å². The van der Waals surface area contributed by atoms with E-state index >= 15 is 0 Å². The summed E-state index contributed by atoms with van der Waals surface area (Å²) in [5.74, 6) is -11.3.